The number of carbonyl (C=O) groups is 1. The second-order valence-electron chi connectivity index (χ2n) is 6.92. The van der Waals surface area contributed by atoms with Crippen molar-refractivity contribution in [1.82, 2.24) is 10.6 Å². The summed E-state index contributed by atoms with van der Waals surface area (Å²) in [6.07, 6.45) is 7.38. The zero-order valence-electron chi connectivity index (χ0n) is 14.1. The minimum atomic E-state index is 0. The average molecular weight is 337 g/mol. The van der Waals surface area contributed by atoms with Crippen molar-refractivity contribution >= 4 is 18.3 Å². The third-order valence-corrected chi connectivity index (χ3v) is 5.32. The SMILES string of the molecule is CCC(CC1CCCC1)C(=O)NCc1ccc2c(c1)CNC2.Cl. The minimum absolute atomic E-state index is 0. The van der Waals surface area contributed by atoms with E-state index in [0.717, 1.165) is 31.8 Å². The number of carbonyl (C=O) groups excluding carboxylic acids is 1. The van der Waals surface area contributed by atoms with Crippen molar-refractivity contribution in [2.24, 2.45) is 11.8 Å². The summed E-state index contributed by atoms with van der Waals surface area (Å²) in [5.74, 6) is 1.22. The van der Waals surface area contributed by atoms with E-state index in [1.54, 1.807) is 0 Å². The van der Waals surface area contributed by atoms with Crippen molar-refractivity contribution in [3.63, 3.8) is 0 Å². The Morgan fingerprint density at radius 3 is 2.74 bits per heavy atom. The molecule has 3 nitrogen and oxygen atoms in total. The molecule has 1 saturated carbocycles. The molecule has 1 fully saturated rings. The number of fused-ring (bicyclic) bond motifs is 1. The lowest BCUT2D eigenvalue weighted by molar-refractivity contribution is -0.125. The number of hydrogen-bond acceptors (Lipinski definition) is 2. The molecule has 1 aliphatic heterocycles. The number of rotatable bonds is 6. The molecule has 23 heavy (non-hydrogen) atoms. The highest BCUT2D eigenvalue weighted by molar-refractivity contribution is 5.85. The van der Waals surface area contributed by atoms with E-state index >= 15 is 0 Å². The summed E-state index contributed by atoms with van der Waals surface area (Å²) in [5, 5.41) is 6.52. The molecule has 1 amide bonds. The fourth-order valence-electron chi connectivity index (χ4n) is 3.90. The molecule has 1 aromatic rings. The molecule has 3 rings (SSSR count). The molecule has 0 saturated heterocycles. The van der Waals surface area contributed by atoms with Gasteiger partial charge >= 0.3 is 0 Å². The van der Waals surface area contributed by atoms with Crippen LogP contribution in [0.1, 0.15) is 62.1 Å². The van der Waals surface area contributed by atoms with Gasteiger partial charge in [-0.2, -0.15) is 0 Å². The van der Waals surface area contributed by atoms with Gasteiger partial charge in [-0.15, -0.1) is 12.4 Å². The van der Waals surface area contributed by atoms with E-state index in [4.69, 9.17) is 0 Å². The Kier molecular flexibility index (Phi) is 6.91. The number of amides is 1. The van der Waals surface area contributed by atoms with Crippen LogP contribution in [-0.2, 0) is 24.4 Å². The van der Waals surface area contributed by atoms with Crippen LogP contribution in [0.15, 0.2) is 18.2 Å². The Hall–Kier alpha value is -1.06. The maximum absolute atomic E-state index is 12.4. The quantitative estimate of drug-likeness (QED) is 0.826. The Bertz CT molecular complexity index is 526. The van der Waals surface area contributed by atoms with Gasteiger partial charge in [0.05, 0.1) is 0 Å². The van der Waals surface area contributed by atoms with Crippen LogP contribution in [0.3, 0.4) is 0 Å². The van der Waals surface area contributed by atoms with Crippen LogP contribution in [0.5, 0.6) is 0 Å². The van der Waals surface area contributed by atoms with Crippen LogP contribution in [0.2, 0.25) is 0 Å². The predicted octanol–water partition coefficient (Wildman–Crippen LogP) is 3.93. The zero-order valence-corrected chi connectivity index (χ0v) is 14.9. The van der Waals surface area contributed by atoms with Gasteiger partial charge in [-0.1, -0.05) is 50.8 Å². The van der Waals surface area contributed by atoms with Gasteiger partial charge in [-0.3, -0.25) is 4.79 Å². The van der Waals surface area contributed by atoms with E-state index in [1.165, 1.54) is 42.4 Å². The fourth-order valence-corrected chi connectivity index (χ4v) is 3.90. The number of benzene rings is 1. The Labute approximate surface area is 146 Å². The lowest BCUT2D eigenvalue weighted by atomic mass is 9.91. The van der Waals surface area contributed by atoms with Crippen LogP contribution >= 0.6 is 12.4 Å². The highest BCUT2D eigenvalue weighted by Gasteiger charge is 2.23. The monoisotopic (exact) mass is 336 g/mol. The van der Waals surface area contributed by atoms with Crippen LogP contribution < -0.4 is 10.6 Å². The van der Waals surface area contributed by atoms with E-state index in [9.17, 15) is 4.79 Å². The van der Waals surface area contributed by atoms with E-state index < -0.39 is 0 Å². The third-order valence-electron chi connectivity index (χ3n) is 5.32. The van der Waals surface area contributed by atoms with Crippen molar-refractivity contribution in [2.45, 2.75) is 65.1 Å². The fraction of sp³-hybridized carbons (Fsp3) is 0.632. The standard InChI is InChI=1S/C19H28N2O.ClH/c1-2-16(9-14-5-3-4-6-14)19(22)21-11-15-7-8-17-12-20-13-18(17)10-15;/h7-8,10,14,16,20H,2-6,9,11-13H2,1H3,(H,21,22);1H. The van der Waals surface area contributed by atoms with Crippen LogP contribution in [0, 0.1) is 11.8 Å². The number of halogens is 1. The van der Waals surface area contributed by atoms with Gasteiger partial charge in [0.1, 0.15) is 0 Å². The van der Waals surface area contributed by atoms with Crippen molar-refractivity contribution in [1.29, 1.82) is 0 Å². The highest BCUT2D eigenvalue weighted by Crippen LogP contribution is 2.31. The first-order valence-corrected chi connectivity index (χ1v) is 8.85. The first kappa shape index (κ1) is 18.3. The Morgan fingerprint density at radius 2 is 2.00 bits per heavy atom. The summed E-state index contributed by atoms with van der Waals surface area (Å²) in [7, 11) is 0. The van der Waals surface area contributed by atoms with Crippen molar-refractivity contribution < 1.29 is 4.79 Å². The molecular formula is C19H29ClN2O. The van der Waals surface area contributed by atoms with Crippen molar-refractivity contribution in [3.05, 3.63) is 34.9 Å². The second kappa shape index (κ2) is 8.70. The zero-order chi connectivity index (χ0) is 15.4. The average Bonchev–Trinajstić information content (AvgIpc) is 3.20. The largest absolute Gasteiger partial charge is 0.352 e. The van der Waals surface area contributed by atoms with Gasteiger partial charge in [0.15, 0.2) is 0 Å². The Balaban J connectivity index is 0.00000192. The summed E-state index contributed by atoms with van der Waals surface area (Å²) in [5.41, 5.74) is 3.99. The first-order valence-electron chi connectivity index (χ1n) is 8.85. The van der Waals surface area contributed by atoms with Crippen molar-refractivity contribution in [2.75, 3.05) is 0 Å². The van der Waals surface area contributed by atoms with Gasteiger partial charge in [0, 0.05) is 25.6 Å². The molecule has 2 aliphatic rings. The molecule has 0 radical (unpaired) electrons. The molecule has 1 heterocycles. The van der Waals surface area contributed by atoms with Gasteiger partial charge in [0.2, 0.25) is 5.91 Å². The normalized spacial score (nSPS) is 18.3. The summed E-state index contributed by atoms with van der Waals surface area (Å²) in [6.45, 7) is 4.73. The topological polar surface area (TPSA) is 41.1 Å². The summed E-state index contributed by atoms with van der Waals surface area (Å²) >= 11 is 0. The van der Waals surface area contributed by atoms with Gasteiger partial charge in [-0.05, 0) is 35.4 Å². The molecule has 128 valence electrons. The molecule has 0 spiro atoms. The van der Waals surface area contributed by atoms with E-state index in [0.29, 0.717) is 6.54 Å². The molecule has 0 bridgehead atoms. The van der Waals surface area contributed by atoms with Gasteiger partial charge in [-0.25, -0.2) is 0 Å². The molecular weight excluding hydrogens is 308 g/mol. The van der Waals surface area contributed by atoms with E-state index in [-0.39, 0.29) is 24.2 Å². The van der Waals surface area contributed by atoms with Crippen LogP contribution in [-0.4, -0.2) is 5.91 Å². The van der Waals surface area contributed by atoms with E-state index in [2.05, 4.69) is 35.8 Å². The smallest absolute Gasteiger partial charge is 0.223 e. The lowest BCUT2D eigenvalue weighted by Gasteiger charge is -2.18. The van der Waals surface area contributed by atoms with Gasteiger partial charge < -0.3 is 10.6 Å². The molecule has 1 aliphatic carbocycles. The molecule has 1 unspecified atom stereocenters. The summed E-state index contributed by atoms with van der Waals surface area (Å²) in [4.78, 5) is 12.4. The molecule has 1 aromatic carbocycles. The highest BCUT2D eigenvalue weighted by atomic mass is 35.5. The molecule has 4 heteroatoms. The third kappa shape index (κ3) is 4.71. The number of hydrogen-bond donors (Lipinski definition) is 2. The van der Waals surface area contributed by atoms with Crippen LogP contribution in [0.25, 0.3) is 0 Å². The second-order valence-corrected chi connectivity index (χ2v) is 6.92. The molecule has 1 atom stereocenters. The first-order chi connectivity index (χ1) is 10.8. The van der Waals surface area contributed by atoms with Crippen molar-refractivity contribution in [3.8, 4) is 0 Å². The van der Waals surface area contributed by atoms with Crippen LogP contribution in [0.4, 0.5) is 0 Å². The van der Waals surface area contributed by atoms with E-state index in [1.807, 2.05) is 0 Å². The summed E-state index contributed by atoms with van der Waals surface area (Å²) < 4.78 is 0. The number of nitrogens with one attached hydrogen (secondary N) is 2. The summed E-state index contributed by atoms with van der Waals surface area (Å²) in [6, 6.07) is 6.56. The lowest BCUT2D eigenvalue weighted by Crippen LogP contribution is -2.31. The Morgan fingerprint density at radius 1 is 1.26 bits per heavy atom. The van der Waals surface area contributed by atoms with Gasteiger partial charge in [0.25, 0.3) is 0 Å². The molecule has 2 N–H and O–H groups in total. The maximum atomic E-state index is 12.4. The molecule has 0 aromatic heterocycles. The minimum Gasteiger partial charge on any atom is -0.352 e. The maximum Gasteiger partial charge on any atom is 0.223 e. The predicted molar refractivity (Wildman–Crippen MR) is 96.4 cm³/mol.